The van der Waals surface area contributed by atoms with Gasteiger partial charge >= 0.3 is 5.97 Å². The van der Waals surface area contributed by atoms with Crippen molar-refractivity contribution in [2.24, 2.45) is 0 Å². The van der Waals surface area contributed by atoms with Crippen molar-refractivity contribution in [2.45, 2.75) is 50.8 Å². The summed E-state index contributed by atoms with van der Waals surface area (Å²) >= 11 is 0. The van der Waals surface area contributed by atoms with E-state index < -0.39 is 11.8 Å². The lowest BCUT2D eigenvalue weighted by atomic mass is 9.98. The van der Waals surface area contributed by atoms with Crippen LogP contribution in [-0.4, -0.2) is 46.7 Å². The third kappa shape index (κ3) is 2.95. The van der Waals surface area contributed by atoms with E-state index in [1.165, 1.54) is 12.1 Å². The maximum atomic E-state index is 14.2. The van der Waals surface area contributed by atoms with Crippen LogP contribution in [0.3, 0.4) is 0 Å². The molecule has 2 bridgehead atoms. The fourth-order valence-electron chi connectivity index (χ4n) is 3.79. The molecule has 6 heteroatoms. The third-order valence-corrected chi connectivity index (χ3v) is 4.77. The standard InChI is InChI=1S/C17H20FNO4/c1-2-23-13-8-11-4-5-12(9-13)19(11)16(20)14-6-3-10(17(21)22)7-15(14)18/h3,6-7,11-13H,2,4-5,8-9H2,1H3,(H,21,22). The highest BCUT2D eigenvalue weighted by Crippen LogP contribution is 2.38. The van der Waals surface area contributed by atoms with Gasteiger partial charge in [0.05, 0.1) is 17.2 Å². The number of halogens is 1. The summed E-state index contributed by atoms with van der Waals surface area (Å²) in [7, 11) is 0. The van der Waals surface area contributed by atoms with Crippen molar-refractivity contribution in [1.29, 1.82) is 0 Å². The van der Waals surface area contributed by atoms with E-state index in [1.807, 2.05) is 6.92 Å². The number of benzene rings is 1. The Morgan fingerprint density at radius 1 is 1.30 bits per heavy atom. The predicted molar refractivity (Wildman–Crippen MR) is 81.0 cm³/mol. The molecule has 2 aliphatic heterocycles. The van der Waals surface area contributed by atoms with E-state index in [1.54, 1.807) is 4.90 Å². The second kappa shape index (κ2) is 6.28. The Kier molecular flexibility index (Phi) is 4.35. The Hall–Kier alpha value is -1.95. The summed E-state index contributed by atoms with van der Waals surface area (Å²) in [6.07, 6.45) is 3.56. The number of nitrogens with zero attached hydrogens (tertiary/aromatic N) is 1. The summed E-state index contributed by atoms with van der Waals surface area (Å²) in [4.78, 5) is 25.4. The highest BCUT2D eigenvalue weighted by atomic mass is 19.1. The number of aromatic carboxylic acids is 1. The summed E-state index contributed by atoms with van der Waals surface area (Å²) < 4.78 is 19.8. The van der Waals surface area contributed by atoms with Gasteiger partial charge in [-0.25, -0.2) is 9.18 Å². The Bertz CT molecular complexity index is 619. The molecule has 1 aromatic carbocycles. The first-order valence-electron chi connectivity index (χ1n) is 7.98. The molecule has 1 N–H and O–H groups in total. The van der Waals surface area contributed by atoms with Crippen molar-refractivity contribution >= 4 is 11.9 Å². The molecule has 124 valence electrons. The maximum absolute atomic E-state index is 14.2. The van der Waals surface area contributed by atoms with Crippen LogP contribution in [0, 0.1) is 5.82 Å². The van der Waals surface area contributed by atoms with Gasteiger partial charge in [-0.05, 0) is 50.8 Å². The highest BCUT2D eigenvalue weighted by molar-refractivity contribution is 5.96. The third-order valence-electron chi connectivity index (χ3n) is 4.77. The first-order valence-corrected chi connectivity index (χ1v) is 7.98. The largest absolute Gasteiger partial charge is 0.478 e. The van der Waals surface area contributed by atoms with Gasteiger partial charge in [0.25, 0.3) is 5.91 Å². The zero-order valence-corrected chi connectivity index (χ0v) is 13.0. The van der Waals surface area contributed by atoms with Gasteiger partial charge in [-0.3, -0.25) is 4.79 Å². The van der Waals surface area contributed by atoms with Crippen LogP contribution in [0.1, 0.15) is 53.3 Å². The zero-order chi connectivity index (χ0) is 16.6. The molecule has 23 heavy (non-hydrogen) atoms. The lowest BCUT2D eigenvalue weighted by molar-refractivity contribution is -0.00961. The number of rotatable bonds is 4. The number of hydrogen-bond acceptors (Lipinski definition) is 3. The van der Waals surface area contributed by atoms with Gasteiger partial charge in [-0.15, -0.1) is 0 Å². The molecule has 0 aliphatic carbocycles. The predicted octanol–water partition coefficient (Wildman–Crippen LogP) is 2.70. The topological polar surface area (TPSA) is 66.8 Å². The number of carbonyl (C=O) groups excluding carboxylic acids is 1. The van der Waals surface area contributed by atoms with Crippen LogP contribution in [-0.2, 0) is 4.74 Å². The molecule has 2 saturated heterocycles. The molecule has 2 atom stereocenters. The fraction of sp³-hybridized carbons (Fsp3) is 0.529. The molecule has 3 rings (SSSR count). The summed E-state index contributed by atoms with van der Waals surface area (Å²) in [5.74, 6) is -2.33. The summed E-state index contributed by atoms with van der Waals surface area (Å²) in [6.45, 7) is 2.61. The quantitative estimate of drug-likeness (QED) is 0.926. The Balaban J connectivity index is 1.80. The summed E-state index contributed by atoms with van der Waals surface area (Å²) in [5, 5.41) is 8.89. The van der Waals surface area contributed by atoms with E-state index >= 15 is 0 Å². The molecule has 0 spiro atoms. The number of carbonyl (C=O) groups is 2. The second-order valence-electron chi connectivity index (χ2n) is 6.15. The maximum Gasteiger partial charge on any atom is 0.335 e. The Labute approximate surface area is 134 Å². The lowest BCUT2D eigenvalue weighted by Gasteiger charge is -2.38. The normalized spacial score (nSPS) is 26.3. The molecule has 0 radical (unpaired) electrons. The van der Waals surface area contributed by atoms with Crippen LogP contribution in [0.25, 0.3) is 0 Å². The Morgan fingerprint density at radius 3 is 2.48 bits per heavy atom. The highest BCUT2D eigenvalue weighted by Gasteiger charge is 2.44. The van der Waals surface area contributed by atoms with Gasteiger partial charge in [0.2, 0.25) is 0 Å². The smallest absolute Gasteiger partial charge is 0.335 e. The second-order valence-corrected chi connectivity index (χ2v) is 6.15. The monoisotopic (exact) mass is 321 g/mol. The van der Waals surface area contributed by atoms with Crippen LogP contribution >= 0.6 is 0 Å². The van der Waals surface area contributed by atoms with E-state index in [4.69, 9.17) is 9.84 Å². The molecular weight excluding hydrogens is 301 g/mol. The molecule has 0 aromatic heterocycles. The number of piperidine rings is 1. The molecule has 0 saturated carbocycles. The minimum absolute atomic E-state index is 0.0539. The van der Waals surface area contributed by atoms with Crippen LogP contribution < -0.4 is 0 Å². The minimum atomic E-state index is -1.21. The van der Waals surface area contributed by atoms with Crippen LogP contribution in [0.4, 0.5) is 4.39 Å². The zero-order valence-electron chi connectivity index (χ0n) is 13.0. The average Bonchev–Trinajstić information content (AvgIpc) is 2.78. The minimum Gasteiger partial charge on any atom is -0.478 e. The SMILES string of the molecule is CCOC1CC2CCC(C1)N2C(=O)c1ccc(C(=O)O)cc1F. The van der Waals surface area contributed by atoms with E-state index in [2.05, 4.69) is 0 Å². The number of hydrogen-bond donors (Lipinski definition) is 1. The lowest BCUT2D eigenvalue weighted by Crippen LogP contribution is -2.48. The number of ether oxygens (including phenoxy) is 1. The fourth-order valence-corrected chi connectivity index (χ4v) is 3.79. The molecule has 2 fully saturated rings. The van der Waals surface area contributed by atoms with E-state index in [-0.39, 0.29) is 35.2 Å². The molecule has 2 heterocycles. The van der Waals surface area contributed by atoms with Gasteiger partial charge in [0.15, 0.2) is 0 Å². The molecule has 2 unspecified atom stereocenters. The first-order chi connectivity index (χ1) is 11.0. The molecule has 1 aromatic rings. The van der Waals surface area contributed by atoms with Gasteiger partial charge < -0.3 is 14.7 Å². The van der Waals surface area contributed by atoms with Gasteiger partial charge in [0, 0.05) is 18.7 Å². The van der Waals surface area contributed by atoms with Gasteiger partial charge in [-0.1, -0.05) is 0 Å². The summed E-state index contributed by atoms with van der Waals surface area (Å²) in [6, 6.07) is 3.61. The van der Waals surface area contributed by atoms with E-state index in [9.17, 15) is 14.0 Å². The van der Waals surface area contributed by atoms with Crippen molar-refractivity contribution in [2.75, 3.05) is 6.61 Å². The number of fused-ring (bicyclic) bond motifs is 2. The van der Waals surface area contributed by atoms with Crippen molar-refractivity contribution in [1.82, 2.24) is 4.90 Å². The van der Waals surface area contributed by atoms with Crippen LogP contribution in [0.5, 0.6) is 0 Å². The number of amides is 1. The molecular formula is C17H20FNO4. The molecule has 2 aliphatic rings. The van der Waals surface area contributed by atoms with Gasteiger partial charge in [-0.2, -0.15) is 0 Å². The van der Waals surface area contributed by atoms with Crippen LogP contribution in [0.15, 0.2) is 18.2 Å². The van der Waals surface area contributed by atoms with Crippen molar-refractivity contribution < 1.29 is 23.8 Å². The van der Waals surface area contributed by atoms with Gasteiger partial charge in [0.1, 0.15) is 5.82 Å². The first kappa shape index (κ1) is 15.9. The van der Waals surface area contributed by atoms with E-state index in [0.29, 0.717) is 6.61 Å². The number of carboxylic acids is 1. The van der Waals surface area contributed by atoms with Crippen LogP contribution in [0.2, 0.25) is 0 Å². The van der Waals surface area contributed by atoms with Crippen molar-refractivity contribution in [3.8, 4) is 0 Å². The number of carboxylic acid groups (broad SMARTS) is 1. The van der Waals surface area contributed by atoms with E-state index in [0.717, 1.165) is 31.7 Å². The summed E-state index contributed by atoms with van der Waals surface area (Å²) in [5.41, 5.74) is -0.209. The van der Waals surface area contributed by atoms with Crippen molar-refractivity contribution in [3.63, 3.8) is 0 Å². The molecule has 1 amide bonds. The average molecular weight is 321 g/mol. The van der Waals surface area contributed by atoms with Crippen molar-refractivity contribution in [3.05, 3.63) is 35.1 Å². The Morgan fingerprint density at radius 2 is 1.96 bits per heavy atom. The molecule has 5 nitrogen and oxygen atoms in total.